The smallest absolute Gasteiger partial charge is 0.174 e. The molecular weight excluding hydrogens is 390 g/mol. The number of nitriles is 1. The monoisotopic (exact) mass is 413 g/mol. The van der Waals surface area contributed by atoms with Crippen molar-refractivity contribution in [2.45, 2.75) is 23.5 Å². The van der Waals surface area contributed by atoms with E-state index in [-0.39, 0.29) is 18.4 Å². The fraction of sp³-hybridized carbons (Fsp3) is 0.280. The highest BCUT2D eigenvalue weighted by Gasteiger charge is 2.73. The molecule has 2 heterocycles. The van der Waals surface area contributed by atoms with Gasteiger partial charge >= 0.3 is 0 Å². The van der Waals surface area contributed by atoms with Crippen LogP contribution in [0.3, 0.4) is 0 Å². The van der Waals surface area contributed by atoms with Crippen molar-refractivity contribution in [3.63, 3.8) is 0 Å². The topological polar surface area (TPSA) is 101 Å². The molecule has 0 radical (unpaired) electrons. The SMILES string of the molecule is COc1cncc2c1[C@]1(O)[C@@H](CN)C[C@@H](c3ccccc3)[C@]1(c1ccc(C#N)cc1)O2. The van der Waals surface area contributed by atoms with E-state index in [1.165, 1.54) is 0 Å². The Hall–Kier alpha value is -3.40. The average Bonchev–Trinajstić information content (AvgIpc) is 3.24. The molecule has 0 amide bonds. The van der Waals surface area contributed by atoms with Gasteiger partial charge in [-0.3, -0.25) is 4.98 Å². The number of aliphatic hydroxyl groups is 1. The average molecular weight is 413 g/mol. The number of methoxy groups -OCH3 is 1. The lowest BCUT2D eigenvalue weighted by molar-refractivity contribution is -0.126. The molecule has 3 N–H and O–H groups in total. The molecule has 2 aliphatic rings. The number of aromatic nitrogens is 1. The minimum Gasteiger partial charge on any atom is -0.495 e. The Bertz CT molecular complexity index is 1160. The van der Waals surface area contributed by atoms with Crippen LogP contribution in [0.5, 0.6) is 11.5 Å². The number of hydrogen-bond acceptors (Lipinski definition) is 6. The summed E-state index contributed by atoms with van der Waals surface area (Å²) in [6.45, 7) is 0.284. The first-order chi connectivity index (χ1) is 15.1. The molecule has 6 heteroatoms. The second-order valence-corrected chi connectivity index (χ2v) is 8.14. The van der Waals surface area contributed by atoms with Gasteiger partial charge in [-0.2, -0.15) is 5.26 Å². The van der Waals surface area contributed by atoms with Gasteiger partial charge in [0.05, 0.1) is 36.7 Å². The molecule has 1 aromatic heterocycles. The van der Waals surface area contributed by atoms with Crippen molar-refractivity contribution in [3.8, 4) is 17.6 Å². The van der Waals surface area contributed by atoms with Crippen molar-refractivity contribution in [2.75, 3.05) is 13.7 Å². The van der Waals surface area contributed by atoms with Gasteiger partial charge < -0.3 is 20.3 Å². The fourth-order valence-electron chi connectivity index (χ4n) is 5.53. The van der Waals surface area contributed by atoms with Crippen LogP contribution in [0.15, 0.2) is 67.0 Å². The van der Waals surface area contributed by atoms with E-state index in [2.05, 4.69) is 23.2 Å². The maximum absolute atomic E-state index is 12.5. The summed E-state index contributed by atoms with van der Waals surface area (Å²) < 4.78 is 12.3. The number of hydrogen-bond donors (Lipinski definition) is 2. The molecule has 3 aromatic rings. The van der Waals surface area contributed by atoms with Crippen LogP contribution < -0.4 is 15.2 Å². The van der Waals surface area contributed by atoms with Crippen molar-refractivity contribution >= 4 is 0 Å². The van der Waals surface area contributed by atoms with Crippen molar-refractivity contribution < 1.29 is 14.6 Å². The van der Waals surface area contributed by atoms with Crippen LogP contribution in [0.1, 0.15) is 34.6 Å². The number of rotatable bonds is 4. The lowest BCUT2D eigenvalue weighted by atomic mass is 9.70. The molecule has 4 atom stereocenters. The van der Waals surface area contributed by atoms with Crippen LogP contribution in [0, 0.1) is 17.2 Å². The van der Waals surface area contributed by atoms with Crippen molar-refractivity contribution in [1.82, 2.24) is 4.98 Å². The largest absolute Gasteiger partial charge is 0.495 e. The van der Waals surface area contributed by atoms with Gasteiger partial charge in [-0.05, 0) is 36.2 Å². The molecule has 1 aliphatic carbocycles. The van der Waals surface area contributed by atoms with Crippen LogP contribution in [0.4, 0.5) is 0 Å². The lowest BCUT2D eigenvalue weighted by Gasteiger charge is -2.41. The van der Waals surface area contributed by atoms with E-state index in [4.69, 9.17) is 15.2 Å². The van der Waals surface area contributed by atoms with Crippen LogP contribution in [0.2, 0.25) is 0 Å². The molecule has 1 saturated carbocycles. The summed E-state index contributed by atoms with van der Waals surface area (Å²) in [6, 6.07) is 19.4. The molecular formula is C25H23N3O3. The summed E-state index contributed by atoms with van der Waals surface area (Å²) in [5, 5.41) is 21.8. The molecule has 1 aliphatic heterocycles. The minimum absolute atomic E-state index is 0.169. The standard InChI is InChI=1S/C25H23N3O3/c1-30-21-14-28-15-22-23(21)24(29)19(13-27)11-20(17-5-3-2-4-6-17)25(24,31-22)18-9-7-16(12-26)8-10-18/h2-10,14-15,19-20,29H,11,13,27H2,1H3/t19-,20+,24-,25+/m1/s1. The summed E-state index contributed by atoms with van der Waals surface area (Å²) in [7, 11) is 1.56. The van der Waals surface area contributed by atoms with E-state index in [0.29, 0.717) is 29.0 Å². The fourth-order valence-corrected chi connectivity index (χ4v) is 5.53. The van der Waals surface area contributed by atoms with E-state index in [1.807, 2.05) is 30.3 Å². The Morgan fingerprint density at radius 1 is 1.19 bits per heavy atom. The Morgan fingerprint density at radius 2 is 1.94 bits per heavy atom. The lowest BCUT2D eigenvalue weighted by Crippen LogP contribution is -2.51. The highest BCUT2D eigenvalue weighted by Crippen LogP contribution is 2.69. The van der Waals surface area contributed by atoms with Gasteiger partial charge in [0, 0.05) is 11.8 Å². The molecule has 6 nitrogen and oxygen atoms in total. The molecule has 2 aromatic carbocycles. The first-order valence-electron chi connectivity index (χ1n) is 10.3. The van der Waals surface area contributed by atoms with E-state index in [9.17, 15) is 10.4 Å². The zero-order valence-corrected chi connectivity index (χ0v) is 17.2. The number of fused-ring (bicyclic) bond motifs is 3. The molecule has 0 spiro atoms. The highest BCUT2D eigenvalue weighted by molar-refractivity contribution is 5.58. The van der Waals surface area contributed by atoms with Gasteiger partial charge in [-0.1, -0.05) is 42.5 Å². The number of nitrogens with two attached hydrogens (primary N) is 1. The second kappa shape index (κ2) is 7.09. The minimum atomic E-state index is -1.43. The Balaban J connectivity index is 1.82. The van der Waals surface area contributed by atoms with Gasteiger partial charge in [0.25, 0.3) is 0 Å². The van der Waals surface area contributed by atoms with Crippen LogP contribution >= 0.6 is 0 Å². The first-order valence-corrected chi connectivity index (χ1v) is 10.3. The zero-order valence-electron chi connectivity index (χ0n) is 17.2. The van der Waals surface area contributed by atoms with E-state index in [1.54, 1.807) is 31.6 Å². The van der Waals surface area contributed by atoms with Crippen molar-refractivity contribution in [2.24, 2.45) is 11.7 Å². The van der Waals surface area contributed by atoms with E-state index < -0.39 is 11.2 Å². The normalized spacial score (nSPS) is 28.3. The third-order valence-corrected chi connectivity index (χ3v) is 6.85. The Kier molecular flexibility index (Phi) is 4.47. The molecule has 0 saturated heterocycles. The third kappa shape index (κ3) is 2.48. The summed E-state index contributed by atoms with van der Waals surface area (Å²) in [5.41, 5.74) is 6.64. The predicted octanol–water partition coefficient (Wildman–Crippen LogP) is 3.20. The summed E-state index contributed by atoms with van der Waals surface area (Å²) in [5.74, 6) is 0.524. The number of pyridine rings is 1. The van der Waals surface area contributed by atoms with Crippen molar-refractivity contribution in [1.29, 1.82) is 5.26 Å². The van der Waals surface area contributed by atoms with Crippen molar-refractivity contribution in [3.05, 3.63) is 89.2 Å². The summed E-state index contributed by atoms with van der Waals surface area (Å²) in [4.78, 5) is 4.25. The van der Waals surface area contributed by atoms with Gasteiger partial charge in [0.2, 0.25) is 0 Å². The van der Waals surface area contributed by atoms with E-state index >= 15 is 0 Å². The van der Waals surface area contributed by atoms with Crippen LogP contribution in [-0.4, -0.2) is 23.7 Å². The van der Waals surface area contributed by atoms with E-state index in [0.717, 1.165) is 11.1 Å². The van der Waals surface area contributed by atoms with Gasteiger partial charge in [0.15, 0.2) is 5.60 Å². The van der Waals surface area contributed by atoms with Gasteiger partial charge in [0.1, 0.15) is 17.1 Å². The number of benzene rings is 2. The molecule has 156 valence electrons. The third-order valence-electron chi connectivity index (χ3n) is 6.85. The molecule has 0 bridgehead atoms. The Labute approximate surface area is 180 Å². The molecule has 5 rings (SSSR count). The van der Waals surface area contributed by atoms with Crippen LogP contribution in [0.25, 0.3) is 0 Å². The van der Waals surface area contributed by atoms with Crippen LogP contribution in [-0.2, 0) is 11.2 Å². The second-order valence-electron chi connectivity index (χ2n) is 8.14. The van der Waals surface area contributed by atoms with Gasteiger partial charge in [-0.25, -0.2) is 0 Å². The first kappa shape index (κ1) is 19.6. The summed E-state index contributed by atoms with van der Waals surface area (Å²) in [6.07, 6.45) is 3.86. The molecule has 31 heavy (non-hydrogen) atoms. The zero-order chi connectivity index (χ0) is 21.6. The molecule has 0 unspecified atom stereocenters. The number of nitrogens with zero attached hydrogens (tertiary/aromatic N) is 2. The maximum atomic E-state index is 12.5. The predicted molar refractivity (Wildman–Crippen MR) is 114 cm³/mol. The quantitative estimate of drug-likeness (QED) is 0.681. The summed E-state index contributed by atoms with van der Waals surface area (Å²) >= 11 is 0. The highest BCUT2D eigenvalue weighted by atomic mass is 16.5. The number of ether oxygens (including phenoxy) is 2. The Morgan fingerprint density at radius 3 is 2.58 bits per heavy atom. The maximum Gasteiger partial charge on any atom is 0.174 e. The molecule has 1 fully saturated rings. The van der Waals surface area contributed by atoms with Gasteiger partial charge in [-0.15, -0.1) is 0 Å².